The average molecular weight is 764 g/mol. The van der Waals surface area contributed by atoms with Crippen LogP contribution in [0.2, 0.25) is 0 Å². The van der Waals surface area contributed by atoms with Crippen molar-refractivity contribution in [1.29, 1.82) is 0 Å². The summed E-state index contributed by atoms with van der Waals surface area (Å²) in [6, 6.07) is 39.5. The standard InChI is InChI=1S/C40H39N4O.CH2Cl2.BF4/c1-28-24-30(3)37(31(4)25-28)43-22-23-44(38-32(5)26-29(2)27-33(38)6)39(43)41-42-45-40(34-16-10-7-11-17-34,35-18-12-8-13-19-35)36-20-14-9-15-21-36;2-1-3;2-1(3,4)5/h7-27H,1-6H3;1H2;/q+1;;-1. The van der Waals surface area contributed by atoms with Gasteiger partial charge >= 0.3 is 13.2 Å². The molecule has 0 N–H and O–H groups in total. The maximum absolute atomic E-state index is 9.75. The zero-order chi connectivity index (χ0) is 38.8. The van der Waals surface area contributed by atoms with Gasteiger partial charge in [0.25, 0.3) is 0 Å². The van der Waals surface area contributed by atoms with Crippen molar-refractivity contribution in [2.24, 2.45) is 10.4 Å². The average Bonchev–Trinajstić information content (AvgIpc) is 3.49. The van der Waals surface area contributed by atoms with Crippen molar-refractivity contribution in [3.05, 3.63) is 178 Å². The Kier molecular flexibility index (Phi) is 14.0. The van der Waals surface area contributed by atoms with Crippen LogP contribution in [-0.4, -0.2) is 17.2 Å². The molecule has 0 aliphatic carbocycles. The summed E-state index contributed by atoms with van der Waals surface area (Å²) in [6.45, 7) is 12.8. The van der Waals surface area contributed by atoms with E-state index in [0.717, 1.165) is 50.3 Å². The third kappa shape index (κ3) is 10.1. The van der Waals surface area contributed by atoms with Gasteiger partial charge in [-0.1, -0.05) is 126 Å². The lowest BCUT2D eigenvalue weighted by Gasteiger charge is -2.31. The van der Waals surface area contributed by atoms with E-state index in [0.29, 0.717) is 5.95 Å². The van der Waals surface area contributed by atoms with E-state index in [1.165, 1.54) is 11.1 Å². The van der Waals surface area contributed by atoms with Crippen LogP contribution < -0.4 is 4.57 Å². The number of imidazole rings is 1. The first-order valence-electron chi connectivity index (χ1n) is 16.8. The molecule has 6 rings (SSSR count). The molecule has 0 bridgehead atoms. The van der Waals surface area contributed by atoms with Crippen molar-refractivity contribution in [2.75, 3.05) is 5.34 Å². The summed E-state index contributed by atoms with van der Waals surface area (Å²) >= 11 is 9.53. The molecule has 6 aromatic rings. The Hall–Kier alpha value is -4.93. The van der Waals surface area contributed by atoms with Gasteiger partial charge < -0.3 is 22.1 Å². The van der Waals surface area contributed by atoms with Crippen LogP contribution in [0.1, 0.15) is 50.1 Å². The van der Waals surface area contributed by atoms with E-state index in [1.807, 2.05) is 54.6 Å². The van der Waals surface area contributed by atoms with Crippen LogP contribution in [-0.2, 0) is 10.4 Å². The van der Waals surface area contributed by atoms with E-state index in [1.54, 1.807) is 0 Å². The highest BCUT2D eigenvalue weighted by molar-refractivity contribution is 6.50. The normalized spacial score (nSPS) is 11.4. The van der Waals surface area contributed by atoms with Crippen molar-refractivity contribution >= 4 is 36.4 Å². The van der Waals surface area contributed by atoms with Crippen LogP contribution in [0.25, 0.3) is 11.4 Å². The molecule has 0 spiro atoms. The molecule has 0 saturated heterocycles. The molecular weight excluding hydrogens is 722 g/mol. The maximum Gasteiger partial charge on any atom is 0.673 e. The van der Waals surface area contributed by atoms with Gasteiger partial charge in [-0.3, -0.25) is 0 Å². The van der Waals surface area contributed by atoms with Crippen LogP contribution in [0.15, 0.2) is 138 Å². The monoisotopic (exact) mass is 762 g/mol. The second kappa shape index (κ2) is 18.2. The van der Waals surface area contributed by atoms with Gasteiger partial charge in [0.1, 0.15) is 29.0 Å². The summed E-state index contributed by atoms with van der Waals surface area (Å²) < 4.78 is 43.2. The van der Waals surface area contributed by atoms with E-state index in [2.05, 4.69) is 129 Å². The molecule has 1 heterocycles. The smallest absolute Gasteiger partial charge is 0.418 e. The van der Waals surface area contributed by atoms with Crippen LogP contribution >= 0.6 is 23.2 Å². The van der Waals surface area contributed by atoms with Crippen molar-refractivity contribution in [1.82, 2.24) is 4.57 Å². The molecule has 0 saturated carbocycles. The Balaban J connectivity index is 0.000000714. The fourth-order valence-corrected chi connectivity index (χ4v) is 6.73. The fourth-order valence-electron chi connectivity index (χ4n) is 6.73. The Labute approximate surface area is 318 Å². The minimum atomic E-state index is -6.00. The van der Waals surface area contributed by atoms with E-state index in [-0.39, 0.29) is 5.34 Å². The Morgan fingerprint density at radius 1 is 0.642 bits per heavy atom. The molecule has 0 aliphatic rings. The van der Waals surface area contributed by atoms with Gasteiger partial charge in [-0.15, -0.1) is 23.2 Å². The number of benzene rings is 5. The number of rotatable bonds is 8. The number of nitrogens with zero attached hydrogens (tertiary/aromatic N) is 4. The van der Waals surface area contributed by atoms with Gasteiger partial charge in [-0.2, -0.15) is 9.13 Å². The lowest BCUT2D eigenvalue weighted by Crippen LogP contribution is -2.32. The zero-order valence-corrected chi connectivity index (χ0v) is 31.9. The maximum atomic E-state index is 9.75. The first kappa shape index (κ1) is 40.8. The third-order valence-electron chi connectivity index (χ3n) is 8.40. The van der Waals surface area contributed by atoms with Gasteiger partial charge in [0.2, 0.25) is 5.60 Å². The fraction of sp³-hybridized carbons (Fsp3) is 0.195. The Morgan fingerprint density at radius 3 is 1.38 bits per heavy atom. The van der Waals surface area contributed by atoms with Crippen LogP contribution in [0.5, 0.6) is 0 Å². The van der Waals surface area contributed by atoms with Gasteiger partial charge in [-0.25, -0.2) is 0 Å². The molecule has 0 atom stereocenters. The van der Waals surface area contributed by atoms with Crippen LogP contribution in [0.3, 0.4) is 0 Å². The minimum absolute atomic E-state index is 0.194. The SMILES string of the molecule is Cc1cc(C)c(-n2cc[n+](-c3c(C)cc(C)cc3C)c2/N=N/OC(c2ccccc2)(c2ccccc2)c2ccccc2)c(C)c1.ClCCl.F[B-](F)(F)F. The molecule has 0 aliphatic heterocycles. The minimum Gasteiger partial charge on any atom is -0.418 e. The summed E-state index contributed by atoms with van der Waals surface area (Å²) in [6.07, 6.45) is 4.13. The highest BCUT2D eigenvalue weighted by Gasteiger charge is 2.40. The second-order valence-corrected chi connectivity index (χ2v) is 13.3. The number of hydrogen-bond acceptors (Lipinski definition) is 3. The molecule has 1 aromatic heterocycles. The third-order valence-corrected chi connectivity index (χ3v) is 8.40. The lowest BCUT2D eigenvalue weighted by molar-refractivity contribution is -0.582. The van der Waals surface area contributed by atoms with Crippen LogP contribution in [0, 0.1) is 41.5 Å². The molecule has 0 amide bonds. The quantitative estimate of drug-likeness (QED) is 0.0290. The van der Waals surface area contributed by atoms with Crippen molar-refractivity contribution in [2.45, 2.75) is 47.1 Å². The summed E-state index contributed by atoms with van der Waals surface area (Å²) in [5.41, 5.74) is 11.1. The van der Waals surface area contributed by atoms with Gasteiger partial charge in [0, 0.05) is 16.7 Å². The first-order chi connectivity index (χ1) is 25.2. The van der Waals surface area contributed by atoms with Crippen molar-refractivity contribution in [3.8, 4) is 11.4 Å². The highest BCUT2D eigenvalue weighted by atomic mass is 35.5. The summed E-state index contributed by atoms with van der Waals surface area (Å²) in [4.78, 5) is 6.73. The second-order valence-electron chi connectivity index (χ2n) is 12.5. The van der Waals surface area contributed by atoms with Gasteiger partial charge in [0.05, 0.1) is 10.5 Å². The largest absolute Gasteiger partial charge is 0.673 e. The molecule has 0 radical (unpaired) electrons. The molecule has 5 aromatic carbocycles. The van der Waals surface area contributed by atoms with Crippen LogP contribution in [0.4, 0.5) is 23.2 Å². The number of aromatic nitrogens is 2. The topological polar surface area (TPSA) is 42.8 Å². The molecule has 5 nitrogen and oxygen atoms in total. The Bertz CT molecular complexity index is 1900. The number of alkyl halides is 2. The molecule has 0 fully saturated rings. The molecule has 276 valence electrons. The molecular formula is C41H41BCl2F4N4O. The van der Waals surface area contributed by atoms with E-state index < -0.39 is 12.9 Å². The summed E-state index contributed by atoms with van der Waals surface area (Å²) in [5.74, 6) is 0.642. The van der Waals surface area contributed by atoms with Crippen molar-refractivity contribution < 1.29 is 26.7 Å². The predicted molar refractivity (Wildman–Crippen MR) is 207 cm³/mol. The number of hydrogen-bond donors (Lipinski definition) is 0. The van der Waals surface area contributed by atoms with E-state index >= 15 is 0 Å². The number of aryl methyl sites for hydroxylation is 6. The summed E-state index contributed by atoms with van der Waals surface area (Å²) in [5, 5.41) is 9.74. The zero-order valence-electron chi connectivity index (χ0n) is 30.4. The number of halogens is 6. The molecule has 12 heteroatoms. The lowest BCUT2D eigenvalue weighted by atomic mass is 9.80. The highest BCUT2D eigenvalue weighted by Crippen LogP contribution is 2.41. The molecule has 0 unspecified atom stereocenters. The Morgan fingerprint density at radius 2 is 1.00 bits per heavy atom. The first-order valence-corrected chi connectivity index (χ1v) is 17.8. The molecule has 53 heavy (non-hydrogen) atoms. The van der Waals surface area contributed by atoms with Gasteiger partial charge in [-0.05, 0) is 63.8 Å². The van der Waals surface area contributed by atoms with E-state index in [9.17, 15) is 17.3 Å². The van der Waals surface area contributed by atoms with E-state index in [4.69, 9.17) is 33.2 Å². The van der Waals surface area contributed by atoms with Crippen molar-refractivity contribution in [3.63, 3.8) is 0 Å². The summed E-state index contributed by atoms with van der Waals surface area (Å²) in [7, 11) is -6.00. The predicted octanol–water partition coefficient (Wildman–Crippen LogP) is 12.3. The van der Waals surface area contributed by atoms with Gasteiger partial charge in [0.15, 0.2) is 0 Å².